The summed E-state index contributed by atoms with van der Waals surface area (Å²) in [5.41, 5.74) is 3.84. The lowest BCUT2D eigenvalue weighted by molar-refractivity contribution is 0.0945. The average molecular weight is 340 g/mol. The summed E-state index contributed by atoms with van der Waals surface area (Å²) in [7, 11) is 1.90. The van der Waals surface area contributed by atoms with Gasteiger partial charge in [0.25, 0.3) is 5.91 Å². The number of hydrogen-bond acceptors (Lipinski definition) is 4. The molecule has 24 heavy (non-hydrogen) atoms. The van der Waals surface area contributed by atoms with Crippen molar-refractivity contribution in [1.29, 1.82) is 0 Å². The van der Waals surface area contributed by atoms with Crippen molar-refractivity contribution in [3.05, 3.63) is 58.4 Å². The highest BCUT2D eigenvalue weighted by molar-refractivity contribution is 7.09. The Morgan fingerprint density at radius 1 is 1.25 bits per heavy atom. The van der Waals surface area contributed by atoms with Gasteiger partial charge in [-0.3, -0.25) is 9.78 Å². The molecule has 1 amide bonds. The fourth-order valence-electron chi connectivity index (χ4n) is 2.45. The second-order valence-electron chi connectivity index (χ2n) is 5.64. The lowest BCUT2D eigenvalue weighted by atomic mass is 10.2. The van der Waals surface area contributed by atoms with Crippen molar-refractivity contribution in [1.82, 2.24) is 19.9 Å². The van der Waals surface area contributed by atoms with Gasteiger partial charge in [-0.25, -0.2) is 4.98 Å². The molecule has 0 fully saturated rings. The Labute approximate surface area is 145 Å². The first-order valence-corrected chi connectivity index (χ1v) is 8.78. The molecule has 0 aromatic carbocycles. The third-order valence-corrected chi connectivity index (χ3v) is 4.89. The molecule has 0 bridgehead atoms. The molecular formula is C18H20N4OS. The maximum atomic E-state index is 12.1. The number of aryl methyl sites for hydroxylation is 2. The van der Waals surface area contributed by atoms with E-state index in [1.807, 2.05) is 42.8 Å². The van der Waals surface area contributed by atoms with Gasteiger partial charge in [0, 0.05) is 49.0 Å². The first-order chi connectivity index (χ1) is 11.6. The van der Waals surface area contributed by atoms with Gasteiger partial charge in [0.1, 0.15) is 5.69 Å². The maximum absolute atomic E-state index is 12.1. The molecular weight excluding hydrogens is 320 g/mol. The SMILES string of the molecule is Cc1ccc(C(=O)NCCCc2nc(-c3ccncc3)cs2)n1C. The number of nitrogens with zero attached hydrogens (tertiary/aromatic N) is 3. The predicted octanol–water partition coefficient (Wildman–Crippen LogP) is 3.21. The van der Waals surface area contributed by atoms with Crippen molar-refractivity contribution in [2.75, 3.05) is 6.54 Å². The van der Waals surface area contributed by atoms with Crippen LogP contribution in [0.25, 0.3) is 11.3 Å². The molecule has 3 aromatic rings. The predicted molar refractivity (Wildman–Crippen MR) is 96.1 cm³/mol. The van der Waals surface area contributed by atoms with Crippen LogP contribution in [0, 0.1) is 6.92 Å². The standard InChI is InChI=1S/C18H20N4OS/c1-13-5-6-16(22(13)2)18(23)20-9-3-4-17-21-15(12-24-17)14-7-10-19-11-8-14/h5-8,10-12H,3-4,9H2,1-2H3,(H,20,23). The largest absolute Gasteiger partial charge is 0.351 e. The molecule has 0 atom stereocenters. The molecule has 0 saturated carbocycles. The molecule has 0 aliphatic heterocycles. The number of nitrogens with one attached hydrogen (secondary N) is 1. The highest BCUT2D eigenvalue weighted by Crippen LogP contribution is 2.21. The van der Waals surface area contributed by atoms with E-state index < -0.39 is 0 Å². The van der Waals surface area contributed by atoms with E-state index in [1.165, 1.54) is 0 Å². The number of amides is 1. The van der Waals surface area contributed by atoms with Crippen molar-refractivity contribution in [3.8, 4) is 11.3 Å². The van der Waals surface area contributed by atoms with Gasteiger partial charge >= 0.3 is 0 Å². The topological polar surface area (TPSA) is 59.8 Å². The Bertz CT molecular complexity index is 823. The minimum atomic E-state index is -0.0257. The minimum absolute atomic E-state index is 0.0257. The highest BCUT2D eigenvalue weighted by Gasteiger charge is 2.10. The van der Waals surface area contributed by atoms with E-state index >= 15 is 0 Å². The van der Waals surface area contributed by atoms with E-state index in [0.717, 1.165) is 34.8 Å². The fraction of sp³-hybridized carbons (Fsp3) is 0.278. The van der Waals surface area contributed by atoms with Crippen molar-refractivity contribution >= 4 is 17.2 Å². The summed E-state index contributed by atoms with van der Waals surface area (Å²) < 4.78 is 1.90. The first kappa shape index (κ1) is 16.4. The number of aromatic nitrogens is 3. The van der Waals surface area contributed by atoms with Crippen molar-refractivity contribution < 1.29 is 4.79 Å². The summed E-state index contributed by atoms with van der Waals surface area (Å²) in [5.74, 6) is -0.0257. The Morgan fingerprint density at radius 2 is 2.04 bits per heavy atom. The number of carbonyl (C=O) groups is 1. The number of hydrogen-bond donors (Lipinski definition) is 1. The van der Waals surface area contributed by atoms with E-state index in [-0.39, 0.29) is 5.91 Å². The van der Waals surface area contributed by atoms with E-state index in [2.05, 4.69) is 20.7 Å². The summed E-state index contributed by atoms with van der Waals surface area (Å²) in [6, 6.07) is 7.72. The van der Waals surface area contributed by atoms with Crippen LogP contribution in [0.4, 0.5) is 0 Å². The monoisotopic (exact) mass is 340 g/mol. The second-order valence-corrected chi connectivity index (χ2v) is 6.58. The van der Waals surface area contributed by atoms with E-state index in [0.29, 0.717) is 12.2 Å². The van der Waals surface area contributed by atoms with Crippen LogP contribution in [-0.4, -0.2) is 27.0 Å². The zero-order valence-electron chi connectivity index (χ0n) is 13.8. The molecule has 0 aliphatic rings. The first-order valence-electron chi connectivity index (χ1n) is 7.90. The number of thiazole rings is 1. The Morgan fingerprint density at radius 3 is 2.75 bits per heavy atom. The van der Waals surface area contributed by atoms with Gasteiger partial charge in [0.15, 0.2) is 0 Å². The number of rotatable bonds is 6. The molecule has 3 rings (SSSR count). The van der Waals surface area contributed by atoms with Gasteiger partial charge < -0.3 is 9.88 Å². The lowest BCUT2D eigenvalue weighted by Gasteiger charge is -2.06. The van der Waals surface area contributed by atoms with Crippen molar-refractivity contribution in [3.63, 3.8) is 0 Å². The van der Waals surface area contributed by atoms with Crippen molar-refractivity contribution in [2.45, 2.75) is 19.8 Å². The normalized spacial score (nSPS) is 10.8. The van der Waals surface area contributed by atoms with Gasteiger partial charge in [-0.05, 0) is 37.6 Å². The third kappa shape index (κ3) is 3.71. The molecule has 6 heteroatoms. The van der Waals surface area contributed by atoms with Gasteiger partial charge in [-0.1, -0.05) is 0 Å². The number of carbonyl (C=O) groups excluding carboxylic acids is 1. The minimum Gasteiger partial charge on any atom is -0.351 e. The Balaban J connectivity index is 1.48. The van der Waals surface area contributed by atoms with Crippen molar-refractivity contribution in [2.24, 2.45) is 7.05 Å². The zero-order valence-corrected chi connectivity index (χ0v) is 14.6. The molecule has 1 N–H and O–H groups in total. The van der Waals surface area contributed by atoms with Gasteiger partial charge in [0.05, 0.1) is 10.7 Å². The van der Waals surface area contributed by atoms with Crippen LogP contribution in [0.3, 0.4) is 0 Å². The van der Waals surface area contributed by atoms with Gasteiger partial charge in [-0.2, -0.15) is 0 Å². The zero-order chi connectivity index (χ0) is 16.9. The summed E-state index contributed by atoms with van der Waals surface area (Å²) in [6.45, 7) is 2.63. The van der Waals surface area contributed by atoms with Crippen LogP contribution in [0.1, 0.15) is 27.6 Å². The van der Waals surface area contributed by atoms with Crippen LogP contribution in [0.15, 0.2) is 42.0 Å². The van der Waals surface area contributed by atoms with Crippen LogP contribution < -0.4 is 5.32 Å². The second kappa shape index (κ2) is 7.40. The highest BCUT2D eigenvalue weighted by atomic mass is 32.1. The smallest absolute Gasteiger partial charge is 0.267 e. The molecule has 0 unspecified atom stereocenters. The quantitative estimate of drug-likeness (QED) is 0.701. The Hall–Kier alpha value is -2.47. The summed E-state index contributed by atoms with van der Waals surface area (Å²) >= 11 is 1.66. The summed E-state index contributed by atoms with van der Waals surface area (Å²) in [6.07, 6.45) is 5.28. The average Bonchev–Trinajstić information content (AvgIpc) is 3.20. The molecule has 0 radical (unpaired) electrons. The molecule has 124 valence electrons. The van der Waals surface area contributed by atoms with Crippen LogP contribution in [0.2, 0.25) is 0 Å². The maximum Gasteiger partial charge on any atom is 0.267 e. The Kier molecular flexibility index (Phi) is 5.05. The van der Waals surface area contributed by atoms with E-state index in [1.54, 1.807) is 23.7 Å². The molecule has 3 heterocycles. The molecule has 0 aliphatic carbocycles. The molecule has 0 saturated heterocycles. The lowest BCUT2D eigenvalue weighted by Crippen LogP contribution is -2.26. The van der Waals surface area contributed by atoms with Crippen LogP contribution >= 0.6 is 11.3 Å². The van der Waals surface area contributed by atoms with E-state index in [9.17, 15) is 4.79 Å². The van der Waals surface area contributed by atoms with E-state index in [4.69, 9.17) is 0 Å². The summed E-state index contributed by atoms with van der Waals surface area (Å²) in [4.78, 5) is 20.8. The van der Waals surface area contributed by atoms with Gasteiger partial charge in [-0.15, -0.1) is 11.3 Å². The number of pyridine rings is 1. The van der Waals surface area contributed by atoms with Gasteiger partial charge in [0.2, 0.25) is 0 Å². The fourth-order valence-corrected chi connectivity index (χ4v) is 3.30. The summed E-state index contributed by atoms with van der Waals surface area (Å²) in [5, 5.41) is 6.12. The van der Waals surface area contributed by atoms with Crippen LogP contribution in [0.5, 0.6) is 0 Å². The molecule has 3 aromatic heterocycles. The molecule has 0 spiro atoms. The molecule has 5 nitrogen and oxygen atoms in total. The third-order valence-electron chi connectivity index (χ3n) is 3.99. The van der Waals surface area contributed by atoms with Crippen LogP contribution in [-0.2, 0) is 13.5 Å².